The third-order valence-corrected chi connectivity index (χ3v) is 3.37. The summed E-state index contributed by atoms with van der Waals surface area (Å²) in [6, 6.07) is 5.73. The first-order valence-electron chi connectivity index (χ1n) is 5.62. The summed E-state index contributed by atoms with van der Waals surface area (Å²) in [7, 11) is 0. The molecule has 0 aliphatic carbocycles. The predicted molar refractivity (Wildman–Crippen MR) is 64.0 cm³/mol. The van der Waals surface area contributed by atoms with E-state index >= 15 is 0 Å². The molecule has 1 amide bonds. The summed E-state index contributed by atoms with van der Waals surface area (Å²) in [5.74, 6) is -2.20. The van der Waals surface area contributed by atoms with E-state index in [1.165, 1.54) is 0 Å². The van der Waals surface area contributed by atoms with E-state index in [1.54, 1.807) is 4.90 Å². The minimum atomic E-state index is -1.03. The van der Waals surface area contributed by atoms with Crippen molar-refractivity contribution in [3.63, 3.8) is 0 Å². The Kier molecular flexibility index (Phi) is 2.88. The summed E-state index contributed by atoms with van der Waals surface area (Å²) < 4.78 is 0. The van der Waals surface area contributed by atoms with E-state index < -0.39 is 11.9 Å². The summed E-state index contributed by atoms with van der Waals surface area (Å²) in [5, 5.41) is 8.92. The van der Waals surface area contributed by atoms with Crippen molar-refractivity contribution in [2.45, 2.75) is 20.3 Å². The normalized spacial score (nSPS) is 19.8. The van der Waals surface area contributed by atoms with E-state index in [-0.39, 0.29) is 5.91 Å². The van der Waals surface area contributed by atoms with E-state index in [9.17, 15) is 9.59 Å². The van der Waals surface area contributed by atoms with Gasteiger partial charge in [-0.1, -0.05) is 12.1 Å². The molecule has 1 atom stereocenters. The first-order chi connectivity index (χ1) is 8.02. The molecule has 1 aromatic carbocycles. The molecular formula is C13H15NO3. The van der Waals surface area contributed by atoms with Crippen LogP contribution in [-0.2, 0) is 9.59 Å². The Labute approximate surface area is 99.9 Å². The number of hydrogen-bond acceptors (Lipinski definition) is 2. The molecule has 1 N–H and O–H groups in total. The summed E-state index contributed by atoms with van der Waals surface area (Å²) in [5.41, 5.74) is 2.97. The standard InChI is InChI=1S/C13H15NO3/c1-8-4-3-5-11(9(8)2)14-7-6-10(12(14)15)13(16)17/h3-5,10H,6-7H2,1-2H3,(H,16,17). The van der Waals surface area contributed by atoms with Gasteiger partial charge in [-0.2, -0.15) is 0 Å². The van der Waals surface area contributed by atoms with Gasteiger partial charge in [-0.15, -0.1) is 0 Å². The molecule has 1 saturated heterocycles. The van der Waals surface area contributed by atoms with Crippen molar-refractivity contribution in [2.24, 2.45) is 5.92 Å². The Hall–Kier alpha value is -1.84. The molecule has 0 spiro atoms. The van der Waals surface area contributed by atoms with Crippen molar-refractivity contribution in [1.82, 2.24) is 0 Å². The van der Waals surface area contributed by atoms with Crippen LogP contribution in [0.25, 0.3) is 0 Å². The van der Waals surface area contributed by atoms with Crippen LogP contribution in [0.4, 0.5) is 5.69 Å². The molecule has 1 aliphatic rings. The van der Waals surface area contributed by atoms with E-state index in [2.05, 4.69) is 0 Å². The monoisotopic (exact) mass is 233 g/mol. The van der Waals surface area contributed by atoms with Crippen molar-refractivity contribution >= 4 is 17.6 Å². The van der Waals surface area contributed by atoms with Crippen molar-refractivity contribution in [1.29, 1.82) is 0 Å². The van der Waals surface area contributed by atoms with Gasteiger partial charge in [0.25, 0.3) is 0 Å². The van der Waals surface area contributed by atoms with Gasteiger partial charge in [-0.3, -0.25) is 9.59 Å². The quantitative estimate of drug-likeness (QED) is 0.791. The number of benzene rings is 1. The molecule has 17 heavy (non-hydrogen) atoms. The van der Waals surface area contributed by atoms with Crippen LogP contribution in [0.3, 0.4) is 0 Å². The van der Waals surface area contributed by atoms with E-state index in [4.69, 9.17) is 5.11 Å². The maximum absolute atomic E-state index is 12.0. The number of nitrogens with zero attached hydrogens (tertiary/aromatic N) is 1. The summed E-state index contributed by atoms with van der Waals surface area (Å²) in [4.78, 5) is 24.4. The second-order valence-corrected chi connectivity index (χ2v) is 4.39. The lowest BCUT2D eigenvalue weighted by atomic mass is 10.1. The molecule has 90 valence electrons. The molecule has 4 nitrogen and oxygen atoms in total. The molecule has 0 bridgehead atoms. The minimum Gasteiger partial charge on any atom is -0.481 e. The number of carbonyl (C=O) groups excluding carboxylic acids is 1. The van der Waals surface area contributed by atoms with E-state index in [0.29, 0.717) is 13.0 Å². The summed E-state index contributed by atoms with van der Waals surface area (Å²) in [6.07, 6.45) is 0.390. The van der Waals surface area contributed by atoms with Gasteiger partial charge in [0.15, 0.2) is 0 Å². The van der Waals surface area contributed by atoms with Crippen LogP contribution in [0.5, 0.6) is 0 Å². The highest BCUT2D eigenvalue weighted by atomic mass is 16.4. The van der Waals surface area contributed by atoms with Gasteiger partial charge in [0.05, 0.1) is 0 Å². The van der Waals surface area contributed by atoms with Crippen molar-refractivity contribution in [3.05, 3.63) is 29.3 Å². The fraction of sp³-hybridized carbons (Fsp3) is 0.385. The second kappa shape index (κ2) is 4.20. The Morgan fingerprint density at radius 2 is 2.12 bits per heavy atom. The highest BCUT2D eigenvalue weighted by molar-refractivity contribution is 6.08. The number of carboxylic acid groups (broad SMARTS) is 1. The number of rotatable bonds is 2. The zero-order valence-electron chi connectivity index (χ0n) is 9.93. The van der Waals surface area contributed by atoms with Gasteiger partial charge < -0.3 is 10.0 Å². The van der Waals surface area contributed by atoms with Crippen LogP contribution in [0, 0.1) is 19.8 Å². The number of carboxylic acids is 1. The van der Waals surface area contributed by atoms with E-state index in [1.807, 2.05) is 32.0 Å². The Balaban J connectivity index is 2.34. The summed E-state index contributed by atoms with van der Waals surface area (Å²) >= 11 is 0. The molecule has 0 saturated carbocycles. The number of amides is 1. The molecule has 1 unspecified atom stereocenters. The summed E-state index contributed by atoms with van der Waals surface area (Å²) in [6.45, 7) is 4.42. The topological polar surface area (TPSA) is 57.6 Å². The van der Waals surface area contributed by atoms with Crippen LogP contribution < -0.4 is 4.90 Å². The van der Waals surface area contributed by atoms with Gasteiger partial charge in [0, 0.05) is 12.2 Å². The third-order valence-electron chi connectivity index (χ3n) is 3.37. The van der Waals surface area contributed by atoms with Crippen molar-refractivity contribution < 1.29 is 14.7 Å². The first kappa shape index (κ1) is 11.6. The van der Waals surface area contributed by atoms with Crippen LogP contribution in [0.2, 0.25) is 0 Å². The Bertz CT molecular complexity index is 482. The highest BCUT2D eigenvalue weighted by Gasteiger charge is 2.37. The maximum atomic E-state index is 12.0. The molecule has 0 aromatic heterocycles. The number of aryl methyl sites for hydroxylation is 1. The van der Waals surface area contributed by atoms with Gasteiger partial charge in [0.1, 0.15) is 5.92 Å². The first-order valence-corrected chi connectivity index (χ1v) is 5.62. The number of hydrogen-bond donors (Lipinski definition) is 1. The van der Waals surface area contributed by atoms with Crippen molar-refractivity contribution in [2.75, 3.05) is 11.4 Å². The molecule has 4 heteroatoms. The molecule has 0 radical (unpaired) electrons. The molecule has 1 heterocycles. The van der Waals surface area contributed by atoms with Gasteiger partial charge >= 0.3 is 5.97 Å². The van der Waals surface area contributed by atoms with Gasteiger partial charge in [-0.05, 0) is 37.5 Å². The lowest BCUT2D eigenvalue weighted by molar-refractivity contribution is -0.144. The number of anilines is 1. The van der Waals surface area contributed by atoms with Crippen LogP contribution in [-0.4, -0.2) is 23.5 Å². The Morgan fingerprint density at radius 1 is 1.41 bits per heavy atom. The molecular weight excluding hydrogens is 218 g/mol. The second-order valence-electron chi connectivity index (χ2n) is 4.39. The fourth-order valence-electron chi connectivity index (χ4n) is 2.18. The van der Waals surface area contributed by atoms with Crippen LogP contribution in [0.1, 0.15) is 17.5 Å². The fourth-order valence-corrected chi connectivity index (χ4v) is 2.18. The van der Waals surface area contributed by atoms with Gasteiger partial charge in [-0.25, -0.2) is 0 Å². The SMILES string of the molecule is Cc1cccc(N2CCC(C(=O)O)C2=O)c1C. The lowest BCUT2D eigenvalue weighted by Crippen LogP contribution is -2.30. The average Bonchev–Trinajstić information content (AvgIpc) is 2.64. The van der Waals surface area contributed by atoms with Crippen LogP contribution in [0.15, 0.2) is 18.2 Å². The molecule has 1 aromatic rings. The van der Waals surface area contributed by atoms with Gasteiger partial charge in [0.2, 0.25) is 5.91 Å². The number of aliphatic carboxylic acids is 1. The van der Waals surface area contributed by atoms with E-state index in [0.717, 1.165) is 16.8 Å². The minimum absolute atomic E-state index is 0.300. The predicted octanol–water partition coefficient (Wildman–Crippen LogP) is 1.74. The zero-order valence-corrected chi connectivity index (χ0v) is 9.93. The highest BCUT2D eigenvalue weighted by Crippen LogP contribution is 2.29. The molecule has 1 aliphatic heterocycles. The average molecular weight is 233 g/mol. The van der Waals surface area contributed by atoms with Crippen LogP contribution >= 0.6 is 0 Å². The molecule has 2 rings (SSSR count). The van der Waals surface area contributed by atoms with Crippen molar-refractivity contribution in [3.8, 4) is 0 Å². The lowest BCUT2D eigenvalue weighted by Gasteiger charge is -2.19. The third kappa shape index (κ3) is 1.90. The zero-order chi connectivity index (χ0) is 12.6. The smallest absolute Gasteiger partial charge is 0.316 e. The maximum Gasteiger partial charge on any atom is 0.316 e. The Morgan fingerprint density at radius 3 is 2.71 bits per heavy atom. The molecule has 1 fully saturated rings. The largest absolute Gasteiger partial charge is 0.481 e. The number of carbonyl (C=O) groups is 2.